The molecule has 0 bridgehead atoms. The van der Waals surface area contributed by atoms with E-state index >= 15 is 0 Å². The van der Waals surface area contributed by atoms with Crippen LogP contribution in [-0.4, -0.2) is 30.6 Å². The summed E-state index contributed by atoms with van der Waals surface area (Å²) in [5, 5.41) is 25.4. The molecule has 0 spiro atoms. The van der Waals surface area contributed by atoms with E-state index in [9.17, 15) is 0 Å². The van der Waals surface area contributed by atoms with E-state index in [1.165, 1.54) is 0 Å². The summed E-state index contributed by atoms with van der Waals surface area (Å²) in [5.74, 6) is 1.20. The number of fused-ring (bicyclic) bond motifs is 1. The summed E-state index contributed by atoms with van der Waals surface area (Å²) >= 11 is 0. The van der Waals surface area contributed by atoms with Gasteiger partial charge in [-0.05, 0) is 23.4 Å². The highest BCUT2D eigenvalue weighted by atomic mass is 15.5. The number of imidazole rings is 1. The maximum atomic E-state index is 9.09. The standard InChI is InChI=1S/C13H12N8/c1-2-12-16-10-4-3-9(5-11(10)17-12)15-7-8(6-14)13-18-20-21-19-13/h3-5,7,15H,2H2,1H3,(H,16,17)(H,18,19,20,21). The molecular formula is C13H12N8. The zero-order valence-corrected chi connectivity index (χ0v) is 11.3. The van der Waals surface area contributed by atoms with Crippen LogP contribution >= 0.6 is 0 Å². The van der Waals surface area contributed by atoms with Gasteiger partial charge in [0.2, 0.25) is 5.82 Å². The summed E-state index contributed by atoms with van der Waals surface area (Å²) in [6.45, 7) is 2.05. The van der Waals surface area contributed by atoms with Gasteiger partial charge in [0.1, 0.15) is 17.5 Å². The number of rotatable bonds is 4. The Balaban J connectivity index is 1.86. The molecule has 0 unspecified atom stereocenters. The fourth-order valence-corrected chi connectivity index (χ4v) is 1.90. The first-order valence-electron chi connectivity index (χ1n) is 6.39. The molecule has 3 aromatic rings. The van der Waals surface area contributed by atoms with Crippen LogP contribution in [-0.2, 0) is 6.42 Å². The predicted octanol–water partition coefficient (Wildman–Crippen LogP) is 1.61. The van der Waals surface area contributed by atoms with Crippen LogP contribution in [0.5, 0.6) is 0 Å². The van der Waals surface area contributed by atoms with Crippen molar-refractivity contribution in [2.24, 2.45) is 0 Å². The van der Waals surface area contributed by atoms with E-state index in [0.29, 0.717) is 5.57 Å². The van der Waals surface area contributed by atoms with Gasteiger partial charge in [0, 0.05) is 18.3 Å². The van der Waals surface area contributed by atoms with Crippen molar-refractivity contribution in [1.82, 2.24) is 30.6 Å². The van der Waals surface area contributed by atoms with Crippen molar-refractivity contribution < 1.29 is 0 Å². The second-order valence-electron chi connectivity index (χ2n) is 4.32. The van der Waals surface area contributed by atoms with Gasteiger partial charge in [-0.2, -0.15) is 10.5 Å². The average Bonchev–Trinajstić information content (AvgIpc) is 3.16. The SMILES string of the molecule is CCc1nc2ccc(NC=C(C#N)c3nn[nH]n3)cc2[nH]1. The number of aromatic amines is 2. The summed E-state index contributed by atoms with van der Waals surface area (Å²) in [6.07, 6.45) is 2.40. The third-order valence-electron chi connectivity index (χ3n) is 2.96. The Morgan fingerprint density at radius 3 is 3.10 bits per heavy atom. The van der Waals surface area contributed by atoms with E-state index in [0.717, 1.165) is 29.0 Å². The van der Waals surface area contributed by atoms with Crippen LogP contribution in [0.25, 0.3) is 16.6 Å². The van der Waals surface area contributed by atoms with Crippen molar-refractivity contribution in [2.45, 2.75) is 13.3 Å². The number of nitrogens with zero attached hydrogens (tertiary/aromatic N) is 5. The van der Waals surface area contributed by atoms with Gasteiger partial charge in [-0.3, -0.25) is 0 Å². The molecule has 1 aromatic carbocycles. The molecule has 3 rings (SSSR count). The average molecular weight is 280 g/mol. The van der Waals surface area contributed by atoms with Crippen LogP contribution in [0.2, 0.25) is 0 Å². The molecular weight excluding hydrogens is 268 g/mol. The second kappa shape index (κ2) is 5.42. The number of anilines is 1. The topological polar surface area (TPSA) is 119 Å². The number of aryl methyl sites for hydroxylation is 1. The Morgan fingerprint density at radius 2 is 2.38 bits per heavy atom. The number of allylic oxidation sites excluding steroid dienone is 1. The van der Waals surface area contributed by atoms with Gasteiger partial charge in [-0.15, -0.1) is 10.2 Å². The van der Waals surface area contributed by atoms with E-state index in [2.05, 4.69) is 35.9 Å². The second-order valence-corrected chi connectivity index (χ2v) is 4.32. The van der Waals surface area contributed by atoms with Crippen molar-refractivity contribution in [3.8, 4) is 6.07 Å². The number of hydrogen-bond acceptors (Lipinski definition) is 6. The van der Waals surface area contributed by atoms with E-state index in [1.807, 2.05) is 31.2 Å². The van der Waals surface area contributed by atoms with Gasteiger partial charge in [-0.25, -0.2) is 4.98 Å². The van der Waals surface area contributed by atoms with Crippen molar-refractivity contribution in [3.05, 3.63) is 36.0 Å². The maximum absolute atomic E-state index is 9.09. The molecule has 104 valence electrons. The molecule has 2 aromatic heterocycles. The summed E-state index contributed by atoms with van der Waals surface area (Å²) in [6, 6.07) is 7.76. The van der Waals surface area contributed by atoms with E-state index in [4.69, 9.17) is 5.26 Å². The van der Waals surface area contributed by atoms with Crippen molar-refractivity contribution in [2.75, 3.05) is 5.32 Å². The number of nitrogens with one attached hydrogen (secondary N) is 3. The summed E-state index contributed by atoms with van der Waals surface area (Å²) < 4.78 is 0. The monoisotopic (exact) mass is 280 g/mol. The summed E-state index contributed by atoms with van der Waals surface area (Å²) in [7, 11) is 0. The number of nitriles is 1. The van der Waals surface area contributed by atoms with Gasteiger partial charge in [0.25, 0.3) is 0 Å². The molecule has 2 heterocycles. The Labute approximate surface area is 119 Å². The molecule has 21 heavy (non-hydrogen) atoms. The van der Waals surface area contributed by atoms with Crippen LogP contribution in [0.3, 0.4) is 0 Å². The molecule has 0 aliphatic heterocycles. The molecule has 3 N–H and O–H groups in total. The number of tetrazole rings is 1. The molecule has 0 saturated heterocycles. The molecule has 0 aliphatic carbocycles. The first kappa shape index (κ1) is 12.8. The van der Waals surface area contributed by atoms with Crippen LogP contribution in [0.1, 0.15) is 18.6 Å². The number of H-pyrrole nitrogens is 2. The lowest BCUT2D eigenvalue weighted by Gasteiger charge is -2.00. The maximum Gasteiger partial charge on any atom is 0.216 e. The molecule has 0 aliphatic rings. The van der Waals surface area contributed by atoms with Crippen LogP contribution < -0.4 is 5.32 Å². The van der Waals surface area contributed by atoms with Crippen LogP contribution in [0, 0.1) is 11.3 Å². The lowest BCUT2D eigenvalue weighted by Crippen LogP contribution is -1.92. The van der Waals surface area contributed by atoms with E-state index in [-0.39, 0.29) is 5.82 Å². The molecule has 0 atom stereocenters. The zero-order valence-electron chi connectivity index (χ0n) is 11.3. The third kappa shape index (κ3) is 2.57. The fraction of sp³-hybridized carbons (Fsp3) is 0.154. The predicted molar refractivity (Wildman–Crippen MR) is 76.9 cm³/mol. The fourth-order valence-electron chi connectivity index (χ4n) is 1.90. The zero-order chi connectivity index (χ0) is 14.7. The van der Waals surface area contributed by atoms with E-state index in [1.54, 1.807) is 6.20 Å². The summed E-state index contributed by atoms with van der Waals surface area (Å²) in [4.78, 5) is 7.68. The lowest BCUT2D eigenvalue weighted by molar-refractivity contribution is 0.881. The third-order valence-corrected chi connectivity index (χ3v) is 2.96. The number of aromatic nitrogens is 6. The van der Waals surface area contributed by atoms with Crippen LogP contribution in [0.15, 0.2) is 24.4 Å². The number of benzene rings is 1. The van der Waals surface area contributed by atoms with Gasteiger partial charge in [0.15, 0.2) is 0 Å². The first-order valence-corrected chi connectivity index (χ1v) is 6.39. The van der Waals surface area contributed by atoms with E-state index < -0.39 is 0 Å². The lowest BCUT2D eigenvalue weighted by atomic mass is 10.2. The van der Waals surface area contributed by atoms with Gasteiger partial charge in [-0.1, -0.05) is 6.92 Å². The Morgan fingerprint density at radius 1 is 1.48 bits per heavy atom. The Bertz CT molecular complexity index is 822. The Kier molecular flexibility index (Phi) is 3.31. The van der Waals surface area contributed by atoms with Gasteiger partial charge in [0.05, 0.1) is 11.0 Å². The highest BCUT2D eigenvalue weighted by Gasteiger charge is 2.06. The molecule has 0 saturated carbocycles. The van der Waals surface area contributed by atoms with Crippen molar-refractivity contribution in [3.63, 3.8) is 0 Å². The highest BCUT2D eigenvalue weighted by molar-refractivity contribution is 5.81. The van der Waals surface area contributed by atoms with Gasteiger partial charge < -0.3 is 10.3 Å². The molecule has 0 radical (unpaired) electrons. The Hall–Kier alpha value is -3.21. The molecule has 0 fully saturated rings. The first-order chi connectivity index (χ1) is 10.3. The number of hydrogen-bond donors (Lipinski definition) is 3. The minimum absolute atomic E-state index is 0.251. The minimum Gasteiger partial charge on any atom is -0.360 e. The quantitative estimate of drug-likeness (QED) is 0.625. The minimum atomic E-state index is 0.251. The largest absolute Gasteiger partial charge is 0.360 e. The normalized spacial score (nSPS) is 11.5. The van der Waals surface area contributed by atoms with Crippen molar-refractivity contribution in [1.29, 1.82) is 5.26 Å². The molecule has 8 nitrogen and oxygen atoms in total. The summed E-state index contributed by atoms with van der Waals surface area (Å²) in [5.41, 5.74) is 3.00. The molecule has 8 heteroatoms. The highest BCUT2D eigenvalue weighted by Crippen LogP contribution is 2.18. The van der Waals surface area contributed by atoms with Gasteiger partial charge >= 0.3 is 0 Å². The van der Waals surface area contributed by atoms with Crippen LogP contribution in [0.4, 0.5) is 5.69 Å². The van der Waals surface area contributed by atoms with Crippen molar-refractivity contribution >= 4 is 22.3 Å². The smallest absolute Gasteiger partial charge is 0.216 e. The molecule has 0 amide bonds.